The van der Waals surface area contributed by atoms with Crippen molar-refractivity contribution in [2.24, 2.45) is 4.99 Å². The van der Waals surface area contributed by atoms with Crippen LogP contribution in [0.3, 0.4) is 0 Å². The lowest BCUT2D eigenvalue weighted by Gasteiger charge is -2.24. The van der Waals surface area contributed by atoms with Gasteiger partial charge in [-0.2, -0.15) is 0 Å². The number of nitrogens with zero attached hydrogens (tertiary/aromatic N) is 2. The first-order valence-corrected chi connectivity index (χ1v) is 12.6. The number of ether oxygens (including phenoxy) is 2. The molecule has 10 heteroatoms. The van der Waals surface area contributed by atoms with Crippen molar-refractivity contribution in [2.45, 2.75) is 26.5 Å². The Hall–Kier alpha value is -4.31. The number of benzene rings is 2. The Morgan fingerprint density at radius 3 is 2.68 bits per heavy atom. The second-order valence-electron chi connectivity index (χ2n) is 8.38. The molecule has 38 heavy (non-hydrogen) atoms. The van der Waals surface area contributed by atoms with Crippen LogP contribution in [-0.2, 0) is 16.1 Å². The first-order chi connectivity index (χ1) is 18.4. The Morgan fingerprint density at radius 1 is 1.16 bits per heavy atom. The molecule has 1 aliphatic rings. The average molecular weight is 537 g/mol. The lowest BCUT2D eigenvalue weighted by molar-refractivity contribution is -0.139. The standard InChI is InChI=1S/C28H22F2N2O5S/c1-3-35-27(34)24-16(2)31-28-32(25(24)17-7-5-4-6-8-17)26(33)23(38-28)14-19-10-11-20(37-19)15-36-22-12-9-18(29)13-21(22)30/h4-14,25H,3,15H2,1-2H3/t25-/m1/s1. The van der Waals surface area contributed by atoms with E-state index in [2.05, 4.69) is 4.99 Å². The minimum absolute atomic E-state index is 0.0895. The van der Waals surface area contributed by atoms with Crippen LogP contribution < -0.4 is 19.6 Å². The topological polar surface area (TPSA) is 83.0 Å². The van der Waals surface area contributed by atoms with Gasteiger partial charge in [0.1, 0.15) is 23.9 Å². The molecule has 0 amide bonds. The monoisotopic (exact) mass is 536 g/mol. The Bertz CT molecular complexity index is 1720. The summed E-state index contributed by atoms with van der Waals surface area (Å²) in [6.45, 7) is 3.55. The average Bonchev–Trinajstić information content (AvgIpc) is 3.47. The van der Waals surface area contributed by atoms with Gasteiger partial charge in [0.15, 0.2) is 16.4 Å². The zero-order valence-corrected chi connectivity index (χ0v) is 21.3. The maximum Gasteiger partial charge on any atom is 0.338 e. The van der Waals surface area contributed by atoms with Gasteiger partial charge in [0.2, 0.25) is 0 Å². The number of hydrogen-bond donors (Lipinski definition) is 0. The summed E-state index contributed by atoms with van der Waals surface area (Å²) in [5.41, 5.74) is 1.21. The minimum Gasteiger partial charge on any atom is -0.483 e. The van der Waals surface area contributed by atoms with Crippen LogP contribution in [0.2, 0.25) is 0 Å². The number of fused-ring (bicyclic) bond motifs is 1. The van der Waals surface area contributed by atoms with Crippen molar-refractivity contribution in [2.75, 3.05) is 6.61 Å². The van der Waals surface area contributed by atoms with Crippen LogP contribution in [-0.4, -0.2) is 17.1 Å². The van der Waals surface area contributed by atoms with Crippen LogP contribution in [0.25, 0.3) is 6.08 Å². The third-order valence-corrected chi connectivity index (χ3v) is 6.83. The molecule has 0 fully saturated rings. The molecule has 0 saturated carbocycles. The summed E-state index contributed by atoms with van der Waals surface area (Å²) in [6, 6.07) is 14.9. The van der Waals surface area contributed by atoms with Gasteiger partial charge in [-0.05, 0) is 43.7 Å². The van der Waals surface area contributed by atoms with Gasteiger partial charge >= 0.3 is 5.97 Å². The normalized spacial score (nSPS) is 15.3. The number of allylic oxidation sites excluding steroid dienone is 1. The van der Waals surface area contributed by atoms with Gasteiger partial charge in [0.25, 0.3) is 5.56 Å². The van der Waals surface area contributed by atoms with Crippen molar-refractivity contribution in [3.8, 4) is 5.75 Å². The second kappa shape index (κ2) is 10.6. The molecule has 1 aliphatic heterocycles. The molecule has 0 radical (unpaired) electrons. The number of halogens is 2. The van der Waals surface area contributed by atoms with E-state index in [0.717, 1.165) is 17.7 Å². The molecular formula is C28H22F2N2O5S. The molecule has 2 aromatic heterocycles. The van der Waals surface area contributed by atoms with Gasteiger partial charge in [0.05, 0.1) is 28.5 Å². The number of rotatable bonds is 7. The third-order valence-electron chi connectivity index (χ3n) is 5.85. The van der Waals surface area contributed by atoms with Gasteiger partial charge in [-0.1, -0.05) is 41.7 Å². The van der Waals surface area contributed by atoms with Gasteiger partial charge in [-0.25, -0.2) is 18.6 Å². The van der Waals surface area contributed by atoms with Crippen molar-refractivity contribution in [3.05, 3.63) is 120 Å². The number of aromatic nitrogens is 1. The highest BCUT2D eigenvalue weighted by molar-refractivity contribution is 7.07. The predicted octanol–water partition coefficient (Wildman–Crippen LogP) is 4.25. The molecule has 0 N–H and O–H groups in total. The summed E-state index contributed by atoms with van der Waals surface area (Å²) in [5, 5.41) is 0. The number of furan rings is 1. The fraction of sp³-hybridized carbons (Fsp3) is 0.179. The molecule has 1 atom stereocenters. The molecule has 0 saturated heterocycles. The molecule has 3 heterocycles. The summed E-state index contributed by atoms with van der Waals surface area (Å²) >= 11 is 1.17. The summed E-state index contributed by atoms with van der Waals surface area (Å²) < 4.78 is 45.2. The minimum atomic E-state index is -0.816. The van der Waals surface area contributed by atoms with E-state index in [9.17, 15) is 18.4 Å². The Kier molecular flexibility index (Phi) is 7.06. The first kappa shape index (κ1) is 25.3. The maximum absolute atomic E-state index is 13.8. The van der Waals surface area contributed by atoms with E-state index in [1.54, 1.807) is 32.1 Å². The zero-order valence-electron chi connectivity index (χ0n) is 20.4. The molecule has 0 unspecified atom stereocenters. The lowest BCUT2D eigenvalue weighted by Crippen LogP contribution is -2.39. The fourth-order valence-electron chi connectivity index (χ4n) is 4.16. The van der Waals surface area contributed by atoms with Crippen molar-refractivity contribution in [1.29, 1.82) is 0 Å². The van der Waals surface area contributed by atoms with Crippen molar-refractivity contribution >= 4 is 23.4 Å². The highest BCUT2D eigenvalue weighted by Crippen LogP contribution is 2.30. The van der Waals surface area contributed by atoms with Crippen LogP contribution >= 0.6 is 11.3 Å². The van der Waals surface area contributed by atoms with Gasteiger partial charge in [-0.15, -0.1) is 0 Å². The van der Waals surface area contributed by atoms with Crippen LogP contribution in [0.5, 0.6) is 5.75 Å². The van der Waals surface area contributed by atoms with Crippen LogP contribution in [0.15, 0.2) is 86.1 Å². The van der Waals surface area contributed by atoms with Gasteiger partial charge < -0.3 is 13.9 Å². The van der Waals surface area contributed by atoms with Gasteiger partial charge in [-0.3, -0.25) is 9.36 Å². The third kappa shape index (κ3) is 4.95. The number of hydrogen-bond acceptors (Lipinski definition) is 7. The van der Waals surface area contributed by atoms with E-state index in [1.807, 2.05) is 30.3 Å². The number of esters is 1. The predicted molar refractivity (Wildman–Crippen MR) is 136 cm³/mol. The van der Waals surface area contributed by atoms with E-state index < -0.39 is 23.6 Å². The van der Waals surface area contributed by atoms with E-state index in [-0.39, 0.29) is 24.5 Å². The van der Waals surface area contributed by atoms with E-state index in [0.29, 0.717) is 32.1 Å². The number of carbonyl (C=O) groups is 1. The Morgan fingerprint density at radius 2 is 1.95 bits per heavy atom. The maximum atomic E-state index is 13.8. The van der Waals surface area contributed by atoms with Gasteiger partial charge in [0, 0.05) is 12.1 Å². The molecule has 4 aromatic rings. The van der Waals surface area contributed by atoms with E-state index in [1.165, 1.54) is 22.0 Å². The highest BCUT2D eigenvalue weighted by Gasteiger charge is 2.33. The largest absolute Gasteiger partial charge is 0.483 e. The Balaban J connectivity index is 1.49. The number of carbonyl (C=O) groups excluding carboxylic acids is 1. The van der Waals surface area contributed by atoms with Crippen molar-refractivity contribution < 1.29 is 27.5 Å². The fourth-order valence-corrected chi connectivity index (χ4v) is 5.19. The second-order valence-corrected chi connectivity index (χ2v) is 9.39. The SMILES string of the molecule is CCOC(=O)C1=C(C)N=c2sc(=Cc3ccc(COc4ccc(F)cc4F)o3)c(=O)n2[C@@H]1c1ccccc1. The number of thiazole rings is 1. The molecule has 194 valence electrons. The van der Waals surface area contributed by atoms with Crippen LogP contribution in [0.4, 0.5) is 8.78 Å². The lowest BCUT2D eigenvalue weighted by atomic mass is 9.96. The van der Waals surface area contributed by atoms with E-state index >= 15 is 0 Å². The summed E-state index contributed by atoms with van der Waals surface area (Å²) in [6.07, 6.45) is 1.58. The summed E-state index contributed by atoms with van der Waals surface area (Å²) in [4.78, 5) is 31.5. The quantitative estimate of drug-likeness (QED) is 0.330. The summed E-state index contributed by atoms with van der Waals surface area (Å²) in [5.74, 6) is -1.38. The molecular weight excluding hydrogens is 514 g/mol. The molecule has 0 spiro atoms. The zero-order chi connectivity index (χ0) is 26.8. The Labute approximate surface area is 219 Å². The molecule has 2 aromatic carbocycles. The van der Waals surface area contributed by atoms with E-state index in [4.69, 9.17) is 13.9 Å². The molecule has 0 aliphatic carbocycles. The highest BCUT2D eigenvalue weighted by atomic mass is 32.1. The smallest absolute Gasteiger partial charge is 0.338 e. The molecule has 0 bridgehead atoms. The van der Waals surface area contributed by atoms with Crippen molar-refractivity contribution in [3.63, 3.8) is 0 Å². The molecule has 7 nitrogen and oxygen atoms in total. The van der Waals surface area contributed by atoms with Crippen LogP contribution in [0, 0.1) is 11.6 Å². The molecule has 5 rings (SSSR count). The van der Waals surface area contributed by atoms with Crippen molar-refractivity contribution in [1.82, 2.24) is 4.57 Å². The van der Waals surface area contributed by atoms with Crippen LogP contribution in [0.1, 0.15) is 37.0 Å². The first-order valence-electron chi connectivity index (χ1n) is 11.8. The summed E-state index contributed by atoms with van der Waals surface area (Å²) in [7, 11) is 0.